The van der Waals surface area contributed by atoms with Crippen molar-refractivity contribution in [2.75, 3.05) is 19.0 Å². The highest BCUT2D eigenvalue weighted by Gasteiger charge is 2.32. The number of anilines is 1. The minimum absolute atomic E-state index is 0.00971. The fourth-order valence-electron chi connectivity index (χ4n) is 2.98. The number of aryl methyl sites for hydroxylation is 1. The molecule has 0 fully saturated rings. The van der Waals surface area contributed by atoms with E-state index in [2.05, 4.69) is 14.4 Å². The number of nitrogens with one attached hydrogen (secondary N) is 1. The number of hydrogen-bond donors (Lipinski definition) is 1. The maximum absolute atomic E-state index is 12.7. The van der Waals surface area contributed by atoms with Crippen LogP contribution in [0.3, 0.4) is 0 Å². The zero-order valence-corrected chi connectivity index (χ0v) is 19.4. The van der Waals surface area contributed by atoms with Crippen molar-refractivity contribution in [1.82, 2.24) is 9.71 Å². The first kappa shape index (κ1) is 24.7. The van der Waals surface area contributed by atoms with Gasteiger partial charge < -0.3 is 4.74 Å². The lowest BCUT2D eigenvalue weighted by Gasteiger charge is -2.15. The number of nitrogens with zero attached hydrogens (tertiary/aromatic N) is 2. The molecule has 0 saturated carbocycles. The van der Waals surface area contributed by atoms with Crippen molar-refractivity contribution in [3.8, 4) is 16.9 Å². The second-order valence-corrected chi connectivity index (χ2v) is 10.0. The van der Waals surface area contributed by atoms with Crippen LogP contribution >= 0.6 is 11.3 Å². The number of carbonyl (C=O) groups excluding carboxylic acids is 1. The smallest absolute Gasteiger partial charge is 0.405 e. The van der Waals surface area contributed by atoms with Gasteiger partial charge in [0.05, 0.1) is 12.1 Å². The number of para-hydroxylation sites is 1. The minimum atomic E-state index is -4.81. The predicted octanol–water partition coefficient (Wildman–Crippen LogP) is 4.13. The second-order valence-electron chi connectivity index (χ2n) is 6.95. The third-order valence-electron chi connectivity index (χ3n) is 4.65. The summed E-state index contributed by atoms with van der Waals surface area (Å²) < 4.78 is 68.5. The van der Waals surface area contributed by atoms with E-state index in [-0.39, 0.29) is 38.7 Å². The fourth-order valence-corrected chi connectivity index (χ4v) is 5.29. The van der Waals surface area contributed by atoms with Crippen molar-refractivity contribution in [2.45, 2.75) is 23.9 Å². The van der Waals surface area contributed by atoms with Gasteiger partial charge in [-0.3, -0.25) is 9.69 Å². The lowest BCUT2D eigenvalue weighted by atomic mass is 10.0. The molecule has 7 nitrogen and oxygen atoms in total. The van der Waals surface area contributed by atoms with Gasteiger partial charge in [0.1, 0.15) is 5.75 Å². The fraction of sp³-hybridized carbons (Fsp3) is 0.238. The molecule has 0 radical (unpaired) electrons. The first-order valence-corrected chi connectivity index (χ1v) is 11.8. The van der Waals surface area contributed by atoms with Gasteiger partial charge >= 0.3 is 6.36 Å². The van der Waals surface area contributed by atoms with E-state index >= 15 is 0 Å². The monoisotopic (exact) mass is 499 g/mol. The number of amides is 1. The van der Waals surface area contributed by atoms with E-state index < -0.39 is 16.4 Å². The van der Waals surface area contributed by atoms with Gasteiger partial charge in [-0.05, 0) is 31.2 Å². The third kappa shape index (κ3) is 5.89. The molecule has 2 aromatic carbocycles. The molecule has 1 amide bonds. The molecule has 176 valence electrons. The SMILES string of the molecule is CNS(=O)(=O)c1sc(N(C)C(=O)Cc2ccc(-c3ccccc3OC(F)(F)F)cc2)nc1C. The Bertz CT molecular complexity index is 1260. The van der Waals surface area contributed by atoms with Gasteiger partial charge in [0.2, 0.25) is 5.91 Å². The van der Waals surface area contributed by atoms with Gasteiger partial charge in [-0.15, -0.1) is 13.2 Å². The van der Waals surface area contributed by atoms with Crippen molar-refractivity contribution in [1.29, 1.82) is 0 Å². The van der Waals surface area contributed by atoms with E-state index in [9.17, 15) is 26.4 Å². The number of thiazole rings is 1. The average Bonchev–Trinajstić information content (AvgIpc) is 3.15. The maximum Gasteiger partial charge on any atom is 0.573 e. The van der Waals surface area contributed by atoms with Crippen LogP contribution in [0.4, 0.5) is 18.3 Å². The van der Waals surface area contributed by atoms with Crippen molar-refractivity contribution < 1.29 is 31.1 Å². The second kappa shape index (κ2) is 9.49. The number of aromatic nitrogens is 1. The molecule has 3 rings (SSSR count). The van der Waals surface area contributed by atoms with Gasteiger partial charge in [-0.25, -0.2) is 18.1 Å². The van der Waals surface area contributed by atoms with Crippen molar-refractivity contribution in [3.63, 3.8) is 0 Å². The standard InChI is InChI=1S/C21H20F3N3O4S2/c1-13-19(33(29,30)25-2)32-20(26-13)27(3)18(28)12-14-8-10-15(11-9-14)16-6-4-5-7-17(16)31-21(22,23)24/h4-11,25H,12H2,1-3H3. The molecule has 1 heterocycles. The number of hydrogen-bond acceptors (Lipinski definition) is 6. The summed E-state index contributed by atoms with van der Waals surface area (Å²) in [4.78, 5) is 18.2. The Balaban J connectivity index is 1.76. The molecule has 0 spiro atoms. The van der Waals surface area contributed by atoms with Crippen LogP contribution in [0.5, 0.6) is 5.75 Å². The number of benzene rings is 2. The van der Waals surface area contributed by atoms with E-state index in [4.69, 9.17) is 0 Å². The zero-order valence-electron chi connectivity index (χ0n) is 17.8. The molecule has 1 N–H and O–H groups in total. The normalized spacial score (nSPS) is 11.9. The van der Waals surface area contributed by atoms with Crippen molar-refractivity contribution in [2.24, 2.45) is 0 Å². The molecule has 3 aromatic rings. The lowest BCUT2D eigenvalue weighted by Crippen LogP contribution is -2.27. The summed E-state index contributed by atoms with van der Waals surface area (Å²) in [7, 11) is -0.897. The van der Waals surface area contributed by atoms with Crippen molar-refractivity contribution >= 4 is 32.4 Å². The highest BCUT2D eigenvalue weighted by molar-refractivity contribution is 7.91. The number of halogens is 3. The molecule has 1 aromatic heterocycles. The largest absolute Gasteiger partial charge is 0.573 e. The van der Waals surface area contributed by atoms with Crippen molar-refractivity contribution in [3.05, 3.63) is 59.8 Å². The predicted molar refractivity (Wildman–Crippen MR) is 119 cm³/mol. The van der Waals surface area contributed by atoms with Crippen LogP contribution in [0.1, 0.15) is 11.3 Å². The molecular formula is C21H20F3N3O4S2. The van der Waals surface area contributed by atoms with Crippen LogP contribution < -0.4 is 14.4 Å². The van der Waals surface area contributed by atoms with Gasteiger partial charge in [0, 0.05) is 12.6 Å². The average molecular weight is 500 g/mol. The molecular weight excluding hydrogens is 479 g/mol. The summed E-state index contributed by atoms with van der Waals surface area (Å²) in [6.45, 7) is 1.54. The van der Waals surface area contributed by atoms with Gasteiger partial charge in [-0.1, -0.05) is 53.8 Å². The number of sulfonamides is 1. The summed E-state index contributed by atoms with van der Waals surface area (Å²) in [6.07, 6.45) is -4.82. The Morgan fingerprint density at radius 1 is 1.15 bits per heavy atom. The minimum Gasteiger partial charge on any atom is -0.405 e. The summed E-state index contributed by atoms with van der Waals surface area (Å²) in [5.74, 6) is -0.647. The van der Waals surface area contributed by atoms with Gasteiger partial charge in [0.15, 0.2) is 9.34 Å². The van der Waals surface area contributed by atoms with E-state index in [0.717, 1.165) is 11.3 Å². The number of rotatable bonds is 7. The van der Waals surface area contributed by atoms with Crippen LogP contribution in [-0.2, 0) is 21.2 Å². The molecule has 0 saturated heterocycles. The van der Waals surface area contributed by atoms with Crippen LogP contribution in [0.2, 0.25) is 0 Å². The van der Waals surface area contributed by atoms with Gasteiger partial charge in [0.25, 0.3) is 10.0 Å². The van der Waals surface area contributed by atoms with E-state index in [1.165, 1.54) is 37.2 Å². The number of ether oxygens (including phenoxy) is 1. The zero-order chi connectivity index (χ0) is 24.4. The van der Waals surface area contributed by atoms with Gasteiger partial charge in [-0.2, -0.15) is 0 Å². The highest BCUT2D eigenvalue weighted by atomic mass is 32.2. The summed E-state index contributed by atoms with van der Waals surface area (Å²) >= 11 is 0.882. The van der Waals surface area contributed by atoms with E-state index in [1.54, 1.807) is 37.3 Å². The Labute approximate surface area is 192 Å². The first-order chi connectivity index (χ1) is 15.4. The van der Waals surface area contributed by atoms with Crippen LogP contribution in [-0.4, -0.2) is 39.8 Å². The summed E-state index contributed by atoms with van der Waals surface area (Å²) in [6, 6.07) is 12.3. The molecule has 0 unspecified atom stereocenters. The Kier molecular flexibility index (Phi) is 7.10. The molecule has 0 bridgehead atoms. The Morgan fingerprint density at radius 3 is 2.39 bits per heavy atom. The third-order valence-corrected chi connectivity index (χ3v) is 7.91. The van der Waals surface area contributed by atoms with Crippen LogP contribution in [0, 0.1) is 6.92 Å². The number of alkyl halides is 3. The first-order valence-electron chi connectivity index (χ1n) is 9.53. The molecule has 0 aliphatic heterocycles. The molecule has 0 aliphatic carbocycles. The van der Waals surface area contributed by atoms with Crippen LogP contribution in [0.25, 0.3) is 11.1 Å². The van der Waals surface area contributed by atoms with Crippen LogP contribution in [0.15, 0.2) is 52.7 Å². The van der Waals surface area contributed by atoms with E-state index in [0.29, 0.717) is 11.1 Å². The Morgan fingerprint density at radius 2 is 1.79 bits per heavy atom. The molecule has 33 heavy (non-hydrogen) atoms. The topological polar surface area (TPSA) is 88.6 Å². The molecule has 12 heteroatoms. The quantitative estimate of drug-likeness (QED) is 0.528. The maximum atomic E-state index is 12.7. The van der Waals surface area contributed by atoms with E-state index in [1.807, 2.05) is 0 Å². The number of likely N-dealkylation sites (N-methyl/N-ethyl adjacent to an activating group) is 1. The summed E-state index contributed by atoms with van der Waals surface area (Å²) in [5.41, 5.74) is 1.67. The molecule has 0 aliphatic rings. The highest BCUT2D eigenvalue weighted by Crippen LogP contribution is 2.34. The summed E-state index contributed by atoms with van der Waals surface area (Å²) in [5, 5.41) is 0.237. The lowest BCUT2D eigenvalue weighted by molar-refractivity contribution is -0.274. The molecule has 0 atom stereocenters. The Hall–Kier alpha value is -2.96. The number of carbonyl (C=O) groups is 1.